The third kappa shape index (κ3) is 2.95. The molecule has 0 spiro atoms. The predicted octanol–water partition coefficient (Wildman–Crippen LogP) is 2.86. The van der Waals surface area contributed by atoms with E-state index < -0.39 is 4.92 Å². The van der Waals surface area contributed by atoms with E-state index in [2.05, 4.69) is 0 Å². The van der Waals surface area contributed by atoms with Gasteiger partial charge in [-0.15, -0.1) is 11.6 Å². The van der Waals surface area contributed by atoms with E-state index in [0.717, 1.165) is 5.56 Å². The number of halogens is 1. The van der Waals surface area contributed by atoms with Crippen LogP contribution in [0.4, 0.5) is 5.69 Å². The van der Waals surface area contributed by atoms with Crippen molar-refractivity contribution in [1.82, 2.24) is 0 Å². The maximum atomic E-state index is 10.5. The van der Waals surface area contributed by atoms with E-state index in [1.807, 2.05) is 0 Å². The van der Waals surface area contributed by atoms with Gasteiger partial charge in [-0.25, -0.2) is 0 Å². The molecule has 0 aliphatic heterocycles. The molecular weight excluding hydrogens is 218 g/mol. The first kappa shape index (κ1) is 11.5. The number of alkyl halides is 1. The molecule has 5 heteroatoms. The van der Waals surface area contributed by atoms with Crippen LogP contribution >= 0.6 is 11.6 Å². The van der Waals surface area contributed by atoms with Gasteiger partial charge >= 0.3 is 0 Å². The van der Waals surface area contributed by atoms with E-state index >= 15 is 0 Å². The molecule has 0 aromatic heterocycles. The van der Waals surface area contributed by atoms with Crippen LogP contribution in [0.1, 0.15) is 5.56 Å². The summed E-state index contributed by atoms with van der Waals surface area (Å²) in [6, 6.07) is 4.43. The number of rotatable bonds is 4. The van der Waals surface area contributed by atoms with E-state index in [1.54, 1.807) is 18.2 Å². The van der Waals surface area contributed by atoms with Gasteiger partial charge in [0.1, 0.15) is 5.75 Å². The fraction of sp³-hybridized carbons (Fsp3) is 0.200. The van der Waals surface area contributed by atoms with Crippen LogP contribution in [0, 0.1) is 10.1 Å². The minimum absolute atomic E-state index is 0.00914. The van der Waals surface area contributed by atoms with Crippen LogP contribution in [0.3, 0.4) is 0 Å². The molecular formula is C10H10ClNO3. The highest BCUT2D eigenvalue weighted by atomic mass is 35.5. The molecule has 4 nitrogen and oxygen atoms in total. The number of hydrogen-bond donors (Lipinski definition) is 0. The number of ether oxygens (including phenoxy) is 1. The molecule has 0 saturated carbocycles. The van der Waals surface area contributed by atoms with Gasteiger partial charge in [0.2, 0.25) is 0 Å². The van der Waals surface area contributed by atoms with Crippen molar-refractivity contribution in [3.05, 3.63) is 40.0 Å². The van der Waals surface area contributed by atoms with Gasteiger partial charge in [0, 0.05) is 17.5 Å². The van der Waals surface area contributed by atoms with Crippen LogP contribution in [0.15, 0.2) is 24.3 Å². The van der Waals surface area contributed by atoms with Crippen molar-refractivity contribution in [3.8, 4) is 5.75 Å². The van der Waals surface area contributed by atoms with Crippen LogP contribution < -0.4 is 4.74 Å². The van der Waals surface area contributed by atoms with Gasteiger partial charge in [-0.3, -0.25) is 10.1 Å². The predicted molar refractivity (Wildman–Crippen MR) is 59.4 cm³/mol. The third-order valence-corrected chi connectivity index (χ3v) is 1.99. The first-order valence-electron chi connectivity index (χ1n) is 4.24. The molecule has 0 fully saturated rings. The SMILES string of the molecule is COc1cc([N+](=O)[O-])ccc1C=CCCl. The number of benzene rings is 1. The van der Waals surface area contributed by atoms with Crippen LogP contribution in [-0.2, 0) is 0 Å². The van der Waals surface area contributed by atoms with Gasteiger partial charge < -0.3 is 4.74 Å². The van der Waals surface area contributed by atoms with Crippen molar-refractivity contribution < 1.29 is 9.66 Å². The maximum absolute atomic E-state index is 10.5. The lowest BCUT2D eigenvalue weighted by Crippen LogP contribution is -1.91. The van der Waals surface area contributed by atoms with Gasteiger partial charge in [-0.2, -0.15) is 0 Å². The zero-order valence-electron chi connectivity index (χ0n) is 8.14. The lowest BCUT2D eigenvalue weighted by Gasteiger charge is -2.03. The summed E-state index contributed by atoms with van der Waals surface area (Å²) in [7, 11) is 1.47. The van der Waals surface area contributed by atoms with E-state index in [-0.39, 0.29) is 5.69 Å². The molecule has 0 heterocycles. The number of methoxy groups -OCH3 is 1. The van der Waals surface area contributed by atoms with E-state index in [4.69, 9.17) is 16.3 Å². The molecule has 0 bridgehead atoms. The van der Waals surface area contributed by atoms with E-state index in [0.29, 0.717) is 11.6 Å². The first-order valence-corrected chi connectivity index (χ1v) is 4.77. The Balaban J connectivity index is 3.09. The lowest BCUT2D eigenvalue weighted by molar-refractivity contribution is -0.384. The minimum atomic E-state index is -0.461. The van der Waals surface area contributed by atoms with Crippen molar-refractivity contribution in [3.63, 3.8) is 0 Å². The molecule has 1 aromatic carbocycles. The Hall–Kier alpha value is -1.55. The molecule has 1 aromatic rings. The molecule has 80 valence electrons. The summed E-state index contributed by atoms with van der Waals surface area (Å²) in [4.78, 5) is 10.0. The molecule has 0 aliphatic carbocycles. The zero-order chi connectivity index (χ0) is 11.3. The number of allylic oxidation sites excluding steroid dienone is 1. The van der Waals surface area contributed by atoms with Crippen molar-refractivity contribution in [2.24, 2.45) is 0 Å². The number of nitro benzene ring substituents is 1. The molecule has 1 rings (SSSR count). The molecule has 15 heavy (non-hydrogen) atoms. The van der Waals surface area contributed by atoms with Crippen LogP contribution in [0.25, 0.3) is 6.08 Å². The monoisotopic (exact) mass is 227 g/mol. The Morgan fingerprint density at radius 1 is 1.60 bits per heavy atom. The summed E-state index contributed by atoms with van der Waals surface area (Å²) in [6.07, 6.45) is 3.50. The number of non-ortho nitro benzene ring substituents is 1. The fourth-order valence-corrected chi connectivity index (χ4v) is 1.21. The van der Waals surface area contributed by atoms with Crippen LogP contribution in [-0.4, -0.2) is 17.9 Å². The fourth-order valence-electron chi connectivity index (χ4n) is 1.12. The smallest absolute Gasteiger partial charge is 0.273 e. The number of nitrogens with zero attached hydrogens (tertiary/aromatic N) is 1. The van der Waals surface area contributed by atoms with Crippen molar-refractivity contribution in [2.45, 2.75) is 0 Å². The number of nitro groups is 1. The first-order chi connectivity index (χ1) is 7.19. The van der Waals surface area contributed by atoms with Crippen LogP contribution in [0.2, 0.25) is 0 Å². The summed E-state index contributed by atoms with van der Waals surface area (Å²) in [5, 5.41) is 10.5. The summed E-state index contributed by atoms with van der Waals surface area (Å²) in [5.74, 6) is 0.853. The molecule has 0 atom stereocenters. The number of hydrogen-bond acceptors (Lipinski definition) is 3. The maximum Gasteiger partial charge on any atom is 0.273 e. The van der Waals surface area contributed by atoms with Crippen LogP contribution in [0.5, 0.6) is 5.75 Å². The van der Waals surface area contributed by atoms with Gasteiger partial charge in [0.25, 0.3) is 5.69 Å². The third-order valence-electron chi connectivity index (χ3n) is 1.81. The van der Waals surface area contributed by atoms with Gasteiger partial charge in [-0.1, -0.05) is 12.2 Å². The average molecular weight is 228 g/mol. The Bertz CT molecular complexity index is 390. The van der Waals surface area contributed by atoms with Crippen molar-refractivity contribution >= 4 is 23.4 Å². The summed E-state index contributed by atoms with van der Waals surface area (Å²) < 4.78 is 5.03. The highest BCUT2D eigenvalue weighted by molar-refractivity contribution is 6.19. The standard InChI is InChI=1S/C10H10ClNO3/c1-15-10-7-9(12(13)14)5-4-8(10)3-2-6-11/h2-5,7H,6H2,1H3. The topological polar surface area (TPSA) is 52.4 Å². The molecule has 0 N–H and O–H groups in total. The van der Waals surface area contributed by atoms with Crippen molar-refractivity contribution in [1.29, 1.82) is 0 Å². The molecule has 0 aliphatic rings. The van der Waals surface area contributed by atoms with Crippen molar-refractivity contribution in [2.75, 3.05) is 13.0 Å². The molecule has 0 amide bonds. The average Bonchev–Trinajstić information content (AvgIpc) is 2.25. The normalized spacial score (nSPS) is 10.5. The Labute approximate surface area is 92.3 Å². The zero-order valence-corrected chi connectivity index (χ0v) is 8.90. The second-order valence-electron chi connectivity index (χ2n) is 2.74. The van der Waals surface area contributed by atoms with Gasteiger partial charge in [-0.05, 0) is 6.07 Å². The second kappa shape index (κ2) is 5.36. The minimum Gasteiger partial charge on any atom is -0.496 e. The summed E-state index contributed by atoms with van der Waals surface area (Å²) in [6.45, 7) is 0. The summed E-state index contributed by atoms with van der Waals surface area (Å²) >= 11 is 5.49. The summed E-state index contributed by atoms with van der Waals surface area (Å²) in [5.41, 5.74) is 0.777. The Morgan fingerprint density at radius 3 is 2.87 bits per heavy atom. The molecule has 0 radical (unpaired) electrons. The van der Waals surface area contributed by atoms with Gasteiger partial charge in [0.05, 0.1) is 18.1 Å². The van der Waals surface area contributed by atoms with E-state index in [1.165, 1.54) is 19.2 Å². The quantitative estimate of drug-likeness (QED) is 0.452. The Kier molecular flexibility index (Phi) is 4.12. The second-order valence-corrected chi connectivity index (χ2v) is 3.05. The molecule has 0 saturated heterocycles. The Morgan fingerprint density at radius 2 is 2.33 bits per heavy atom. The lowest BCUT2D eigenvalue weighted by atomic mass is 10.1. The van der Waals surface area contributed by atoms with E-state index in [9.17, 15) is 10.1 Å². The largest absolute Gasteiger partial charge is 0.496 e. The highest BCUT2D eigenvalue weighted by Crippen LogP contribution is 2.25. The highest BCUT2D eigenvalue weighted by Gasteiger charge is 2.09. The van der Waals surface area contributed by atoms with Gasteiger partial charge in [0.15, 0.2) is 0 Å². The molecule has 0 unspecified atom stereocenters.